The van der Waals surface area contributed by atoms with Gasteiger partial charge in [-0.05, 0) is 73.0 Å². The van der Waals surface area contributed by atoms with Gasteiger partial charge in [0.25, 0.3) is 11.1 Å². The van der Waals surface area contributed by atoms with Crippen LogP contribution in [0, 0.1) is 9.54 Å². The lowest BCUT2D eigenvalue weighted by molar-refractivity contribution is 0.448. The first-order valence-corrected chi connectivity index (χ1v) is 10.7. The van der Waals surface area contributed by atoms with Gasteiger partial charge in [-0.15, -0.1) is 0 Å². The predicted molar refractivity (Wildman–Crippen MR) is 135 cm³/mol. The van der Waals surface area contributed by atoms with Crippen LogP contribution in [0.25, 0.3) is 0 Å². The Hall–Kier alpha value is -4.62. The fraction of sp³-hybridized carbons (Fsp3) is 0. The van der Waals surface area contributed by atoms with Crippen LogP contribution in [0.1, 0.15) is 11.1 Å². The summed E-state index contributed by atoms with van der Waals surface area (Å²) < 4.78 is 5.82. The van der Waals surface area contributed by atoms with Crippen molar-refractivity contribution in [1.29, 1.82) is 0 Å². The molecule has 2 aromatic carbocycles. The molecule has 0 atom stereocenters. The van der Waals surface area contributed by atoms with Crippen molar-refractivity contribution in [3.8, 4) is 23.3 Å². The second-order valence-corrected chi connectivity index (χ2v) is 7.76. The number of aromatic hydroxyl groups is 2. The van der Waals surface area contributed by atoms with E-state index >= 15 is 0 Å². The van der Waals surface area contributed by atoms with Crippen molar-refractivity contribution in [3.05, 3.63) is 89.9 Å². The minimum atomic E-state index is -0.556. The molecule has 0 saturated heterocycles. The lowest BCUT2D eigenvalue weighted by Crippen LogP contribution is -2.13. The predicted octanol–water partition coefficient (Wildman–Crippen LogP) is 3.88. The Morgan fingerprint density at radius 2 is 1.03 bits per heavy atom. The molecule has 0 unspecified atom stereocenters. The lowest BCUT2D eigenvalue weighted by Gasteiger charge is -2.06. The zero-order chi connectivity index (χ0) is 24.9. The van der Waals surface area contributed by atoms with E-state index in [-0.39, 0.29) is 32.4 Å². The van der Waals surface area contributed by atoms with Crippen LogP contribution in [0.15, 0.2) is 68.1 Å². The first kappa shape index (κ1) is 23.5. The molecule has 6 N–H and O–H groups in total. The minimum Gasteiger partial charge on any atom is -0.494 e. The molecule has 0 amide bonds. The highest BCUT2D eigenvalue weighted by molar-refractivity contribution is 7.71. The maximum Gasteiger partial charge on any atom is 0.264 e. The Balaban J connectivity index is 1.42. The Kier molecular flexibility index (Phi) is 6.80. The van der Waals surface area contributed by atoms with E-state index in [9.17, 15) is 19.8 Å². The summed E-state index contributed by atoms with van der Waals surface area (Å²) in [4.78, 5) is 41.7. The van der Waals surface area contributed by atoms with Gasteiger partial charge in [0.05, 0.1) is 11.4 Å². The molecule has 0 fully saturated rings. The summed E-state index contributed by atoms with van der Waals surface area (Å²) in [6.45, 7) is 0. The van der Waals surface area contributed by atoms with E-state index in [4.69, 9.17) is 29.2 Å². The van der Waals surface area contributed by atoms with Crippen molar-refractivity contribution >= 4 is 48.2 Å². The maximum atomic E-state index is 11.9. The third-order valence-electron chi connectivity index (χ3n) is 4.51. The third-order valence-corrected chi connectivity index (χ3v) is 4.92. The minimum absolute atomic E-state index is 0.0155. The van der Waals surface area contributed by atoms with Crippen molar-refractivity contribution < 1.29 is 14.9 Å². The van der Waals surface area contributed by atoms with Gasteiger partial charge in [0, 0.05) is 12.4 Å². The van der Waals surface area contributed by atoms with E-state index in [0.29, 0.717) is 22.9 Å². The fourth-order valence-corrected chi connectivity index (χ4v) is 3.20. The number of hydrogen-bond donors (Lipinski definition) is 6. The molecule has 0 spiro atoms. The highest BCUT2D eigenvalue weighted by Crippen LogP contribution is 2.26. The number of nitrogens with zero attached hydrogens (tertiary/aromatic N) is 2. The van der Waals surface area contributed by atoms with Gasteiger partial charge in [-0.2, -0.15) is 0 Å². The molecular formula is C22H16N6O5S2. The Morgan fingerprint density at radius 1 is 0.657 bits per heavy atom. The second kappa shape index (κ2) is 10.1. The van der Waals surface area contributed by atoms with E-state index in [1.165, 1.54) is 12.4 Å². The topological polar surface area (TPSA) is 172 Å². The molecule has 35 heavy (non-hydrogen) atoms. The summed E-state index contributed by atoms with van der Waals surface area (Å²) in [6.07, 6.45) is 2.46. The first-order chi connectivity index (χ1) is 16.8. The molecule has 0 aliphatic rings. The van der Waals surface area contributed by atoms with Crippen molar-refractivity contribution in [2.75, 3.05) is 0 Å². The van der Waals surface area contributed by atoms with Gasteiger partial charge >= 0.3 is 0 Å². The zero-order valence-electron chi connectivity index (χ0n) is 17.6. The molecule has 0 aliphatic carbocycles. The van der Waals surface area contributed by atoms with Gasteiger partial charge in [0.1, 0.15) is 22.6 Å². The monoisotopic (exact) mass is 508 g/mol. The van der Waals surface area contributed by atoms with Crippen molar-refractivity contribution in [2.24, 2.45) is 9.98 Å². The van der Waals surface area contributed by atoms with Crippen LogP contribution in [0.5, 0.6) is 23.3 Å². The quantitative estimate of drug-likeness (QED) is 0.169. The number of aliphatic imine (C=N–C) groups is 2. The molecule has 4 rings (SSSR count). The summed E-state index contributed by atoms with van der Waals surface area (Å²) in [5.41, 5.74) is -0.141. The average molecular weight is 509 g/mol. The molecule has 176 valence electrons. The maximum absolute atomic E-state index is 11.9. The van der Waals surface area contributed by atoms with Gasteiger partial charge in [-0.1, -0.05) is 0 Å². The molecule has 0 radical (unpaired) electrons. The number of ether oxygens (including phenoxy) is 1. The largest absolute Gasteiger partial charge is 0.494 e. The first-order valence-electron chi connectivity index (χ1n) is 9.86. The zero-order valence-corrected chi connectivity index (χ0v) is 19.2. The molecular weight excluding hydrogens is 492 g/mol. The molecule has 11 nitrogen and oxygen atoms in total. The van der Waals surface area contributed by atoms with E-state index in [1.54, 1.807) is 48.5 Å². The van der Waals surface area contributed by atoms with Crippen LogP contribution in [0.2, 0.25) is 0 Å². The standard InChI is InChI=1S/C22H16N6O5S2/c29-17-15(18(30)26-21(34)25-17)9-23-11-1-5-13(6-2-11)33-14-7-3-12(4-8-14)24-10-16-19(31)27-22(35)28-20(16)32/h1-10H,(H3,25,26,29,30,34)(H3,27,28,31,32,35). The SMILES string of the molecule is O=c1[nH]c(=S)[nH]c(O)c1C=Nc1ccc(Oc2ccc(N=Cc3c(O)[nH]c(=S)[nH]c3=O)cc2)cc1. The fourth-order valence-electron chi connectivity index (χ4n) is 2.82. The van der Waals surface area contributed by atoms with Crippen molar-refractivity contribution in [1.82, 2.24) is 19.9 Å². The highest BCUT2D eigenvalue weighted by Gasteiger charge is 2.06. The van der Waals surface area contributed by atoms with E-state index in [1.807, 2.05) is 0 Å². The molecule has 0 bridgehead atoms. The average Bonchev–Trinajstić information content (AvgIpc) is 2.80. The number of hydrogen-bond acceptors (Lipinski definition) is 9. The summed E-state index contributed by atoms with van der Waals surface area (Å²) >= 11 is 9.57. The van der Waals surface area contributed by atoms with Gasteiger partial charge in [0.15, 0.2) is 9.54 Å². The van der Waals surface area contributed by atoms with Gasteiger partial charge in [-0.25, -0.2) is 0 Å². The molecule has 0 aliphatic heterocycles. The summed E-state index contributed by atoms with van der Waals surface area (Å²) in [5.74, 6) is 0.347. The van der Waals surface area contributed by atoms with Crippen LogP contribution in [-0.2, 0) is 0 Å². The molecule has 2 aromatic heterocycles. The van der Waals surface area contributed by atoms with Crippen LogP contribution in [-0.4, -0.2) is 42.6 Å². The van der Waals surface area contributed by atoms with Gasteiger partial charge in [0.2, 0.25) is 11.8 Å². The second-order valence-electron chi connectivity index (χ2n) is 6.95. The Morgan fingerprint density at radius 3 is 1.37 bits per heavy atom. The molecule has 4 aromatic rings. The van der Waals surface area contributed by atoms with Crippen molar-refractivity contribution in [3.63, 3.8) is 0 Å². The normalized spacial score (nSPS) is 11.3. The molecule has 13 heteroatoms. The molecule has 2 heterocycles. The van der Waals surface area contributed by atoms with E-state index < -0.39 is 11.1 Å². The third kappa shape index (κ3) is 5.85. The van der Waals surface area contributed by atoms with Crippen LogP contribution < -0.4 is 15.9 Å². The number of aromatic amines is 4. The van der Waals surface area contributed by atoms with E-state index in [0.717, 1.165) is 0 Å². The number of benzene rings is 2. The summed E-state index contributed by atoms with van der Waals surface area (Å²) in [6, 6.07) is 13.5. The Labute approximate surface area is 206 Å². The Bertz CT molecular complexity index is 1540. The highest BCUT2D eigenvalue weighted by atomic mass is 32.1. The van der Waals surface area contributed by atoms with Crippen LogP contribution in [0.4, 0.5) is 11.4 Å². The van der Waals surface area contributed by atoms with Gasteiger partial charge < -0.3 is 24.9 Å². The van der Waals surface area contributed by atoms with Gasteiger partial charge in [-0.3, -0.25) is 29.5 Å². The lowest BCUT2D eigenvalue weighted by atomic mass is 10.3. The number of nitrogens with one attached hydrogen (secondary N) is 4. The summed E-state index contributed by atoms with van der Waals surface area (Å²) in [7, 11) is 0. The number of H-pyrrole nitrogens is 4. The summed E-state index contributed by atoms with van der Waals surface area (Å²) in [5, 5.41) is 19.6. The van der Waals surface area contributed by atoms with Crippen LogP contribution >= 0.6 is 24.4 Å². The van der Waals surface area contributed by atoms with E-state index in [2.05, 4.69) is 29.9 Å². The molecule has 0 saturated carbocycles. The number of rotatable bonds is 6. The number of aromatic nitrogens is 4. The smallest absolute Gasteiger partial charge is 0.264 e. The van der Waals surface area contributed by atoms with Crippen molar-refractivity contribution in [2.45, 2.75) is 0 Å². The van der Waals surface area contributed by atoms with Crippen LogP contribution in [0.3, 0.4) is 0 Å².